The molecule has 0 aliphatic heterocycles. The van der Waals surface area contributed by atoms with Gasteiger partial charge in [0.05, 0.1) is 0 Å². The molecule has 12 aromatic rings. The Morgan fingerprint density at radius 2 is 0.983 bits per heavy atom. The van der Waals surface area contributed by atoms with Gasteiger partial charge in [-0.05, 0) is 69.1 Å². The summed E-state index contributed by atoms with van der Waals surface area (Å²) in [5.74, 6) is 2.56. The number of oxazole rings is 1. The van der Waals surface area contributed by atoms with Crippen LogP contribution < -0.4 is 0 Å². The number of hydrogen-bond donors (Lipinski definition) is 0. The molecule has 0 unspecified atom stereocenters. The highest BCUT2D eigenvalue weighted by Crippen LogP contribution is 2.41. The molecule has 58 heavy (non-hydrogen) atoms. The van der Waals surface area contributed by atoms with Gasteiger partial charge in [0.1, 0.15) is 5.52 Å². The Kier molecular flexibility index (Phi) is 7.33. The molecule has 0 aliphatic rings. The zero-order chi connectivity index (χ0) is 38.2. The van der Waals surface area contributed by atoms with Crippen LogP contribution in [-0.2, 0) is 0 Å². The van der Waals surface area contributed by atoms with Gasteiger partial charge in [-0.25, -0.2) is 19.9 Å². The van der Waals surface area contributed by atoms with Gasteiger partial charge in [-0.2, -0.15) is 0 Å². The van der Waals surface area contributed by atoms with Gasteiger partial charge in [-0.3, -0.25) is 0 Å². The summed E-state index contributed by atoms with van der Waals surface area (Å²) in [4.78, 5) is 20.6. The summed E-state index contributed by atoms with van der Waals surface area (Å²) in [6.07, 6.45) is 0. The lowest BCUT2D eigenvalue weighted by Crippen LogP contribution is -2.00. The summed E-state index contributed by atoms with van der Waals surface area (Å²) in [5.41, 5.74) is 7.73. The van der Waals surface area contributed by atoms with Crippen molar-refractivity contribution >= 4 is 74.9 Å². The molecule has 3 aromatic heterocycles. The Bertz CT molecular complexity index is 3570. The topological polar surface area (TPSA) is 64.7 Å². The molecule has 0 aliphatic carbocycles. The van der Waals surface area contributed by atoms with Crippen molar-refractivity contribution < 1.29 is 4.42 Å². The Hall–Kier alpha value is -7.54. The van der Waals surface area contributed by atoms with Gasteiger partial charge < -0.3 is 4.42 Å². The molecule has 0 atom stereocenters. The first-order valence-electron chi connectivity index (χ1n) is 19.3. The highest BCUT2D eigenvalue weighted by molar-refractivity contribution is 7.26. The van der Waals surface area contributed by atoms with E-state index in [1.54, 1.807) is 11.3 Å². The minimum Gasteiger partial charge on any atom is -0.435 e. The number of rotatable bonds is 5. The van der Waals surface area contributed by atoms with Crippen molar-refractivity contribution in [1.29, 1.82) is 0 Å². The molecule has 0 radical (unpaired) electrons. The summed E-state index contributed by atoms with van der Waals surface area (Å²) >= 11 is 1.78. The second kappa shape index (κ2) is 13.0. The molecule has 12 rings (SSSR count). The van der Waals surface area contributed by atoms with Crippen molar-refractivity contribution in [3.05, 3.63) is 182 Å². The molecule has 6 heteroatoms. The van der Waals surface area contributed by atoms with Gasteiger partial charge in [0.25, 0.3) is 0 Å². The normalized spacial score (nSPS) is 11.8. The maximum absolute atomic E-state index is 6.50. The molecule has 0 amide bonds. The fourth-order valence-corrected chi connectivity index (χ4v) is 9.57. The van der Waals surface area contributed by atoms with Crippen LogP contribution in [0.4, 0.5) is 0 Å². The number of hydrogen-bond acceptors (Lipinski definition) is 6. The fourth-order valence-electron chi connectivity index (χ4n) is 8.36. The molecule has 0 fully saturated rings. The Morgan fingerprint density at radius 3 is 1.84 bits per heavy atom. The van der Waals surface area contributed by atoms with E-state index in [-0.39, 0.29) is 0 Å². The largest absolute Gasteiger partial charge is 0.435 e. The lowest BCUT2D eigenvalue weighted by molar-refractivity contribution is 0.623. The average molecular weight is 759 g/mol. The molecule has 270 valence electrons. The van der Waals surface area contributed by atoms with E-state index in [1.807, 2.05) is 30.3 Å². The second-order valence-corrected chi connectivity index (χ2v) is 15.6. The molecule has 0 N–H and O–H groups in total. The predicted octanol–water partition coefficient (Wildman–Crippen LogP) is 14.2. The van der Waals surface area contributed by atoms with E-state index in [9.17, 15) is 0 Å². The van der Waals surface area contributed by atoms with Crippen LogP contribution in [0.3, 0.4) is 0 Å². The van der Waals surface area contributed by atoms with Crippen LogP contribution in [0.1, 0.15) is 0 Å². The number of nitrogens with zero attached hydrogens (tertiary/aromatic N) is 4. The smallest absolute Gasteiger partial charge is 0.227 e. The average Bonchev–Trinajstić information content (AvgIpc) is 3.92. The maximum Gasteiger partial charge on any atom is 0.227 e. The van der Waals surface area contributed by atoms with Gasteiger partial charge >= 0.3 is 0 Å². The Morgan fingerprint density at radius 1 is 0.362 bits per heavy atom. The first kappa shape index (κ1) is 32.7. The van der Waals surface area contributed by atoms with Crippen molar-refractivity contribution in [2.45, 2.75) is 0 Å². The second-order valence-electron chi connectivity index (χ2n) is 14.6. The third-order valence-electron chi connectivity index (χ3n) is 11.2. The van der Waals surface area contributed by atoms with Crippen molar-refractivity contribution in [3.8, 4) is 56.7 Å². The monoisotopic (exact) mass is 758 g/mol. The number of fused-ring (bicyclic) bond motifs is 10. The van der Waals surface area contributed by atoms with Gasteiger partial charge in [-0.15, -0.1) is 11.3 Å². The van der Waals surface area contributed by atoms with Crippen molar-refractivity contribution in [3.63, 3.8) is 0 Å². The highest BCUT2D eigenvalue weighted by atomic mass is 32.1. The minimum atomic E-state index is 0.624. The van der Waals surface area contributed by atoms with Crippen LogP contribution in [-0.4, -0.2) is 19.9 Å². The highest BCUT2D eigenvalue weighted by Gasteiger charge is 2.19. The zero-order valence-corrected chi connectivity index (χ0v) is 31.7. The summed E-state index contributed by atoms with van der Waals surface area (Å²) in [6.45, 7) is 0. The minimum absolute atomic E-state index is 0.624. The predicted molar refractivity (Wildman–Crippen MR) is 240 cm³/mol. The maximum atomic E-state index is 6.50. The number of aromatic nitrogens is 4. The lowest BCUT2D eigenvalue weighted by atomic mass is 9.95. The van der Waals surface area contributed by atoms with Crippen LogP contribution in [0.25, 0.3) is 120 Å². The molecule has 0 spiro atoms. The molecule has 3 heterocycles. The Balaban J connectivity index is 0.995. The molecule has 9 aromatic carbocycles. The van der Waals surface area contributed by atoms with Crippen LogP contribution in [0.5, 0.6) is 0 Å². The Labute approximate surface area is 336 Å². The standard InChI is InChI=1S/C52H30N4OS/c1-2-13-34(14-3-1)52-53-46-39-19-7-6-17-37(39)44-30-35(28-29-40(44)47(46)57-52)31-24-26-33(27-25-31)49-54-50(42-21-10-15-32-12-4-5-16-36(32)42)56-51(55-49)43-22-11-20-41-38-18-8-9-23-45(38)58-48(41)43/h1-30H. The van der Waals surface area contributed by atoms with Crippen LogP contribution >= 0.6 is 11.3 Å². The first-order valence-corrected chi connectivity index (χ1v) is 20.1. The summed E-state index contributed by atoms with van der Waals surface area (Å²) in [6, 6.07) is 63.4. The molecule has 0 saturated carbocycles. The summed E-state index contributed by atoms with van der Waals surface area (Å²) < 4.78 is 8.91. The third kappa shape index (κ3) is 5.23. The van der Waals surface area contributed by atoms with Gasteiger partial charge in [0, 0.05) is 53.2 Å². The van der Waals surface area contributed by atoms with E-state index in [1.165, 1.54) is 20.2 Å². The molecule has 0 bridgehead atoms. The van der Waals surface area contributed by atoms with E-state index in [0.29, 0.717) is 23.4 Å². The van der Waals surface area contributed by atoms with Crippen molar-refractivity contribution in [2.75, 3.05) is 0 Å². The van der Waals surface area contributed by atoms with E-state index >= 15 is 0 Å². The fraction of sp³-hybridized carbons (Fsp3) is 0. The summed E-state index contributed by atoms with van der Waals surface area (Å²) in [7, 11) is 0. The van der Waals surface area contributed by atoms with E-state index in [0.717, 1.165) is 76.8 Å². The quantitative estimate of drug-likeness (QED) is 0.164. The molecular weight excluding hydrogens is 729 g/mol. The third-order valence-corrected chi connectivity index (χ3v) is 12.4. The van der Waals surface area contributed by atoms with Gasteiger partial charge in [0.2, 0.25) is 5.89 Å². The summed E-state index contributed by atoms with van der Waals surface area (Å²) in [5, 5.41) is 9.07. The lowest BCUT2D eigenvalue weighted by Gasteiger charge is -2.11. The van der Waals surface area contributed by atoms with Crippen LogP contribution in [0.15, 0.2) is 186 Å². The molecule has 0 saturated heterocycles. The van der Waals surface area contributed by atoms with Gasteiger partial charge in [-0.1, -0.05) is 146 Å². The van der Waals surface area contributed by atoms with Crippen LogP contribution in [0, 0.1) is 0 Å². The zero-order valence-electron chi connectivity index (χ0n) is 30.9. The number of thiophene rings is 1. The van der Waals surface area contributed by atoms with Crippen molar-refractivity contribution in [2.24, 2.45) is 0 Å². The van der Waals surface area contributed by atoms with Crippen molar-refractivity contribution in [1.82, 2.24) is 19.9 Å². The van der Waals surface area contributed by atoms with Gasteiger partial charge in [0.15, 0.2) is 23.1 Å². The number of benzene rings is 9. The first-order chi connectivity index (χ1) is 28.7. The van der Waals surface area contributed by atoms with E-state index in [4.69, 9.17) is 24.4 Å². The van der Waals surface area contributed by atoms with E-state index in [2.05, 4.69) is 152 Å². The molecular formula is C52H30N4OS. The molecule has 5 nitrogen and oxygen atoms in total. The SMILES string of the molecule is c1ccc(-c2nc3c4ccccc4c4cc(-c5ccc(-c6nc(-c7cccc8ccccc78)nc(-c7cccc8c7sc7ccccc78)n6)cc5)ccc4c3o2)cc1. The van der Waals surface area contributed by atoms with E-state index < -0.39 is 0 Å². The van der Waals surface area contributed by atoms with Crippen LogP contribution in [0.2, 0.25) is 0 Å².